The lowest BCUT2D eigenvalue weighted by Gasteiger charge is -2.17. The van der Waals surface area contributed by atoms with Crippen molar-refractivity contribution in [2.24, 2.45) is 0 Å². The molecule has 3 amide bonds. The van der Waals surface area contributed by atoms with Crippen molar-refractivity contribution >= 4 is 23.4 Å². The Morgan fingerprint density at radius 3 is 2.65 bits per heavy atom. The topological polar surface area (TPSA) is 130 Å². The van der Waals surface area contributed by atoms with Crippen LogP contribution in [0.1, 0.15) is 52.8 Å². The zero-order valence-electron chi connectivity index (χ0n) is 14.0. The molecule has 0 spiro atoms. The van der Waals surface area contributed by atoms with Crippen LogP contribution in [0, 0.1) is 10.1 Å². The molecule has 0 aromatic heterocycles. The average molecular weight is 361 g/mol. The van der Waals surface area contributed by atoms with Crippen LogP contribution in [0.5, 0.6) is 0 Å². The lowest BCUT2D eigenvalue weighted by molar-refractivity contribution is -0.384. The molecule has 1 aromatic rings. The predicted molar refractivity (Wildman–Crippen MR) is 89.5 cm³/mol. The van der Waals surface area contributed by atoms with E-state index in [0.29, 0.717) is 6.42 Å². The van der Waals surface area contributed by atoms with E-state index in [0.717, 1.165) is 23.8 Å². The Morgan fingerprint density at radius 1 is 1.27 bits per heavy atom. The number of hydrogen-bond donors (Lipinski definition) is 2. The highest BCUT2D eigenvalue weighted by Crippen LogP contribution is 2.27. The molecule has 3 rings (SSSR count). The first kappa shape index (κ1) is 18.0. The molecule has 9 heteroatoms. The van der Waals surface area contributed by atoms with Gasteiger partial charge in [0, 0.05) is 25.1 Å². The van der Waals surface area contributed by atoms with Crippen LogP contribution in [0.4, 0.5) is 5.69 Å². The number of carbonyl (C=O) groups is 3. The van der Waals surface area contributed by atoms with Crippen LogP contribution in [-0.2, 0) is 4.79 Å². The van der Waals surface area contributed by atoms with E-state index in [9.17, 15) is 29.6 Å². The Labute approximate surface area is 149 Å². The third-order valence-corrected chi connectivity index (χ3v) is 4.78. The zero-order valence-corrected chi connectivity index (χ0v) is 14.0. The minimum atomic E-state index is -0.623. The number of rotatable bonds is 6. The first-order chi connectivity index (χ1) is 12.4. The summed E-state index contributed by atoms with van der Waals surface area (Å²) in [6.45, 7) is 0.0563. The lowest BCUT2D eigenvalue weighted by Crippen LogP contribution is -2.40. The number of nitro groups is 1. The number of hydrogen-bond acceptors (Lipinski definition) is 6. The fourth-order valence-electron chi connectivity index (χ4n) is 3.38. The number of imide groups is 1. The normalized spacial score (nSPS) is 21.8. The van der Waals surface area contributed by atoms with E-state index in [-0.39, 0.29) is 48.1 Å². The fraction of sp³-hybridized carbons (Fsp3) is 0.471. The van der Waals surface area contributed by atoms with Gasteiger partial charge in [-0.1, -0.05) is 0 Å². The van der Waals surface area contributed by atoms with Crippen molar-refractivity contribution in [1.29, 1.82) is 0 Å². The lowest BCUT2D eigenvalue weighted by atomic mass is 10.1. The van der Waals surface area contributed by atoms with Crippen molar-refractivity contribution in [3.8, 4) is 0 Å². The van der Waals surface area contributed by atoms with Crippen LogP contribution < -0.4 is 5.32 Å². The Bertz CT molecular complexity index is 778. The van der Waals surface area contributed by atoms with Crippen LogP contribution in [0.15, 0.2) is 18.2 Å². The molecule has 2 aliphatic rings. The van der Waals surface area contributed by atoms with Gasteiger partial charge in [-0.05, 0) is 31.7 Å². The van der Waals surface area contributed by atoms with Crippen molar-refractivity contribution in [1.82, 2.24) is 10.2 Å². The summed E-state index contributed by atoms with van der Waals surface area (Å²) >= 11 is 0. The average Bonchev–Trinajstić information content (AvgIpc) is 3.11. The Kier molecular flexibility index (Phi) is 4.99. The molecule has 0 bridgehead atoms. The third kappa shape index (κ3) is 3.43. The van der Waals surface area contributed by atoms with Gasteiger partial charge in [0.15, 0.2) is 0 Å². The van der Waals surface area contributed by atoms with Gasteiger partial charge in [0.05, 0.1) is 28.2 Å². The van der Waals surface area contributed by atoms with Crippen molar-refractivity contribution < 1.29 is 24.4 Å². The van der Waals surface area contributed by atoms with Gasteiger partial charge in [-0.3, -0.25) is 29.4 Å². The maximum atomic E-state index is 12.3. The quantitative estimate of drug-likeness (QED) is 0.442. The van der Waals surface area contributed by atoms with E-state index in [1.807, 2.05) is 0 Å². The van der Waals surface area contributed by atoms with Crippen LogP contribution in [0.2, 0.25) is 0 Å². The summed E-state index contributed by atoms with van der Waals surface area (Å²) in [5.74, 6) is -1.32. The smallest absolute Gasteiger partial charge is 0.270 e. The number of carbonyl (C=O) groups excluding carboxylic acids is 3. The highest BCUT2D eigenvalue weighted by Gasteiger charge is 2.36. The maximum absolute atomic E-state index is 12.3. The summed E-state index contributed by atoms with van der Waals surface area (Å²) in [5.41, 5.74) is -0.0943. The monoisotopic (exact) mass is 361 g/mol. The molecule has 1 aliphatic heterocycles. The molecule has 1 heterocycles. The number of nitro benzene ring substituents is 1. The largest absolute Gasteiger partial charge is 0.391 e. The van der Waals surface area contributed by atoms with Crippen molar-refractivity contribution in [2.45, 2.75) is 44.2 Å². The second-order valence-corrected chi connectivity index (χ2v) is 6.52. The summed E-state index contributed by atoms with van der Waals surface area (Å²) in [6, 6.07) is 3.34. The van der Waals surface area contributed by atoms with E-state index in [1.165, 1.54) is 12.1 Å². The molecule has 1 aromatic carbocycles. The molecular weight excluding hydrogens is 342 g/mol. The van der Waals surface area contributed by atoms with Crippen LogP contribution in [-0.4, -0.2) is 51.3 Å². The predicted octanol–water partition coefficient (Wildman–Crippen LogP) is 1.00. The Balaban J connectivity index is 1.55. The molecule has 2 atom stereocenters. The van der Waals surface area contributed by atoms with Gasteiger partial charge in [-0.25, -0.2) is 0 Å². The number of nitrogens with zero attached hydrogens (tertiary/aromatic N) is 2. The molecular formula is C17H19N3O6. The van der Waals surface area contributed by atoms with Gasteiger partial charge in [0.1, 0.15) is 0 Å². The summed E-state index contributed by atoms with van der Waals surface area (Å²) in [5, 5.41) is 23.3. The van der Waals surface area contributed by atoms with Crippen molar-refractivity contribution in [3.05, 3.63) is 39.4 Å². The molecule has 0 saturated heterocycles. The first-order valence-electron chi connectivity index (χ1n) is 8.50. The van der Waals surface area contributed by atoms with E-state index in [2.05, 4.69) is 5.32 Å². The number of nitrogens with one attached hydrogen (secondary N) is 1. The molecule has 2 unspecified atom stereocenters. The van der Waals surface area contributed by atoms with Crippen molar-refractivity contribution in [3.63, 3.8) is 0 Å². The molecule has 9 nitrogen and oxygen atoms in total. The molecule has 1 fully saturated rings. The van der Waals surface area contributed by atoms with E-state index < -0.39 is 22.8 Å². The minimum absolute atomic E-state index is 0.0164. The summed E-state index contributed by atoms with van der Waals surface area (Å²) in [7, 11) is 0. The summed E-state index contributed by atoms with van der Waals surface area (Å²) in [4.78, 5) is 47.7. The summed E-state index contributed by atoms with van der Waals surface area (Å²) in [6.07, 6.45) is 2.16. The molecule has 0 radical (unpaired) electrons. The van der Waals surface area contributed by atoms with Gasteiger partial charge in [-0.15, -0.1) is 0 Å². The summed E-state index contributed by atoms with van der Waals surface area (Å²) < 4.78 is 0. The Hall–Kier alpha value is -2.81. The highest BCUT2D eigenvalue weighted by atomic mass is 16.6. The van der Waals surface area contributed by atoms with E-state index in [1.54, 1.807) is 0 Å². The minimum Gasteiger partial charge on any atom is -0.391 e. The van der Waals surface area contributed by atoms with Gasteiger partial charge < -0.3 is 10.4 Å². The standard InChI is InChI=1S/C17H19N3O6/c21-14-4-1-3-13(14)18-15(22)5-2-8-19-16(23)11-7-6-10(20(25)26)9-12(11)17(19)24/h6-7,9,13-14,21H,1-5,8H2,(H,18,22). The van der Waals surface area contributed by atoms with Gasteiger partial charge >= 0.3 is 0 Å². The number of aliphatic hydroxyl groups is 1. The second kappa shape index (κ2) is 7.20. The molecule has 2 N–H and O–H groups in total. The number of benzene rings is 1. The van der Waals surface area contributed by atoms with Crippen LogP contribution in [0.25, 0.3) is 0 Å². The third-order valence-electron chi connectivity index (χ3n) is 4.78. The highest BCUT2D eigenvalue weighted by molar-refractivity contribution is 6.21. The van der Waals surface area contributed by atoms with E-state index in [4.69, 9.17) is 0 Å². The first-order valence-corrected chi connectivity index (χ1v) is 8.50. The van der Waals surface area contributed by atoms with E-state index >= 15 is 0 Å². The number of amides is 3. The molecule has 26 heavy (non-hydrogen) atoms. The van der Waals surface area contributed by atoms with Gasteiger partial charge in [0.25, 0.3) is 17.5 Å². The Morgan fingerprint density at radius 2 is 2.00 bits per heavy atom. The zero-order chi connectivity index (χ0) is 18.8. The number of fused-ring (bicyclic) bond motifs is 1. The SMILES string of the molecule is O=C(CCCN1C(=O)c2ccc([N+](=O)[O-])cc2C1=O)NC1CCCC1O. The maximum Gasteiger partial charge on any atom is 0.270 e. The van der Waals surface area contributed by atoms with Crippen LogP contribution >= 0.6 is 0 Å². The molecule has 138 valence electrons. The molecule has 1 aliphatic carbocycles. The second-order valence-electron chi connectivity index (χ2n) is 6.52. The molecule has 1 saturated carbocycles. The van der Waals surface area contributed by atoms with Gasteiger partial charge in [0.2, 0.25) is 5.91 Å². The van der Waals surface area contributed by atoms with Crippen LogP contribution in [0.3, 0.4) is 0 Å². The van der Waals surface area contributed by atoms with Crippen molar-refractivity contribution in [2.75, 3.05) is 6.54 Å². The number of aliphatic hydroxyl groups excluding tert-OH is 1. The fourth-order valence-corrected chi connectivity index (χ4v) is 3.38. The number of non-ortho nitro benzene ring substituents is 1. The van der Waals surface area contributed by atoms with Gasteiger partial charge in [-0.2, -0.15) is 0 Å².